The molecule has 5 heteroatoms. The lowest BCUT2D eigenvalue weighted by molar-refractivity contribution is -0.126. The number of rotatable bonds is 8. The minimum absolute atomic E-state index is 0.0387. The topological polar surface area (TPSA) is 61.4 Å². The van der Waals surface area contributed by atoms with Crippen LogP contribution in [-0.4, -0.2) is 16.6 Å². The monoisotopic (exact) mass is 282 g/mol. The fraction of sp³-hybridized carbons (Fsp3) is 0.533. The van der Waals surface area contributed by atoms with E-state index in [1.54, 1.807) is 12.1 Å². The van der Waals surface area contributed by atoms with Gasteiger partial charge >= 0.3 is 0 Å². The van der Waals surface area contributed by atoms with E-state index in [1.807, 2.05) is 13.8 Å². The van der Waals surface area contributed by atoms with Gasteiger partial charge in [0.15, 0.2) is 0 Å². The molecule has 112 valence electrons. The van der Waals surface area contributed by atoms with Gasteiger partial charge in [-0.2, -0.15) is 0 Å². The third-order valence-electron chi connectivity index (χ3n) is 3.09. The van der Waals surface area contributed by atoms with Crippen LogP contribution in [0.5, 0.6) is 0 Å². The summed E-state index contributed by atoms with van der Waals surface area (Å²) in [6.07, 6.45) is 2.86. The lowest BCUT2D eigenvalue weighted by Gasteiger charge is -2.26. The molecule has 0 saturated heterocycles. The van der Waals surface area contributed by atoms with Gasteiger partial charge in [0, 0.05) is 0 Å². The molecule has 0 bridgehead atoms. The molecule has 0 heterocycles. The van der Waals surface area contributed by atoms with Crippen LogP contribution < -0.4 is 10.9 Å². The second-order valence-electron chi connectivity index (χ2n) is 5.08. The molecule has 0 unspecified atom stereocenters. The lowest BCUT2D eigenvalue weighted by Crippen LogP contribution is -2.39. The van der Waals surface area contributed by atoms with E-state index in [0.29, 0.717) is 18.5 Å². The van der Waals surface area contributed by atoms with E-state index < -0.39 is 5.60 Å². The Labute approximate surface area is 119 Å². The summed E-state index contributed by atoms with van der Waals surface area (Å²) in [6.45, 7) is 3.95. The van der Waals surface area contributed by atoms with Crippen molar-refractivity contribution in [1.82, 2.24) is 5.43 Å². The number of hydrogen-bond donors (Lipinski definition) is 3. The van der Waals surface area contributed by atoms with Gasteiger partial charge in [0.2, 0.25) is 5.91 Å². The molecule has 0 saturated carbocycles. The summed E-state index contributed by atoms with van der Waals surface area (Å²) in [7, 11) is 0. The molecule has 0 aliphatic rings. The van der Waals surface area contributed by atoms with Crippen LogP contribution in [0.4, 0.5) is 10.1 Å². The maximum absolute atomic E-state index is 13.0. The summed E-state index contributed by atoms with van der Waals surface area (Å²) in [5.74, 6) is -0.684. The molecule has 20 heavy (non-hydrogen) atoms. The molecule has 0 fully saturated rings. The summed E-state index contributed by atoms with van der Waals surface area (Å²) < 4.78 is 13.0. The Morgan fingerprint density at radius 1 is 1.30 bits per heavy atom. The van der Waals surface area contributed by atoms with Crippen molar-refractivity contribution in [3.8, 4) is 0 Å². The number of aliphatic hydroxyl groups is 1. The van der Waals surface area contributed by atoms with Gasteiger partial charge in [0.25, 0.3) is 0 Å². The van der Waals surface area contributed by atoms with Crippen LogP contribution in [-0.2, 0) is 4.79 Å². The number of hydrazine groups is 1. The van der Waals surface area contributed by atoms with Gasteiger partial charge in [-0.05, 0) is 31.0 Å². The van der Waals surface area contributed by atoms with Gasteiger partial charge in [-0.15, -0.1) is 0 Å². The van der Waals surface area contributed by atoms with Gasteiger partial charge in [-0.25, -0.2) is 4.39 Å². The fourth-order valence-electron chi connectivity index (χ4n) is 2.28. The number of anilines is 1. The largest absolute Gasteiger partial charge is 0.389 e. The Kier molecular flexibility index (Phi) is 6.45. The molecule has 1 aromatic rings. The van der Waals surface area contributed by atoms with Crippen LogP contribution in [0.15, 0.2) is 24.3 Å². The number of carbonyl (C=O) groups is 1. The molecular weight excluding hydrogens is 259 g/mol. The summed E-state index contributed by atoms with van der Waals surface area (Å²) in [5.41, 5.74) is 4.63. The van der Waals surface area contributed by atoms with Gasteiger partial charge in [-0.1, -0.05) is 32.8 Å². The molecule has 0 spiro atoms. The molecule has 0 atom stereocenters. The third kappa shape index (κ3) is 5.57. The van der Waals surface area contributed by atoms with Crippen LogP contribution in [0.25, 0.3) is 0 Å². The van der Waals surface area contributed by atoms with Gasteiger partial charge in [-0.3, -0.25) is 15.6 Å². The Bertz CT molecular complexity index is 432. The zero-order chi connectivity index (χ0) is 15.0. The molecule has 1 amide bonds. The molecule has 0 radical (unpaired) electrons. The van der Waals surface area contributed by atoms with E-state index in [9.17, 15) is 14.3 Å². The number of hydrogen-bond acceptors (Lipinski definition) is 3. The van der Waals surface area contributed by atoms with E-state index >= 15 is 0 Å². The third-order valence-corrected chi connectivity index (χ3v) is 3.09. The quantitative estimate of drug-likeness (QED) is 0.642. The average Bonchev–Trinajstić information content (AvgIpc) is 2.37. The van der Waals surface area contributed by atoms with Crippen LogP contribution in [0, 0.1) is 5.82 Å². The summed E-state index contributed by atoms with van der Waals surface area (Å²) in [5, 5.41) is 10.4. The second kappa shape index (κ2) is 7.85. The maximum Gasteiger partial charge on any atom is 0.241 e. The molecule has 0 aliphatic heterocycles. The van der Waals surface area contributed by atoms with Crippen molar-refractivity contribution in [3.05, 3.63) is 30.1 Å². The van der Waals surface area contributed by atoms with Crippen LogP contribution in [0.2, 0.25) is 0 Å². The number of amides is 1. The van der Waals surface area contributed by atoms with E-state index in [-0.39, 0.29) is 18.1 Å². The molecule has 0 aromatic heterocycles. The van der Waals surface area contributed by atoms with E-state index in [0.717, 1.165) is 12.8 Å². The molecular formula is C15H23FN2O2. The standard InChI is InChI=1S/C15H23FN2O2/c1-3-8-15(20,9-4-2)11-14(19)18-17-13-7-5-6-12(16)10-13/h5-7,10,17,20H,3-4,8-9,11H2,1-2H3,(H,18,19). The van der Waals surface area contributed by atoms with Crippen LogP contribution >= 0.6 is 0 Å². The average molecular weight is 282 g/mol. The van der Waals surface area contributed by atoms with Crippen molar-refractivity contribution in [2.24, 2.45) is 0 Å². The SMILES string of the molecule is CCCC(O)(CCC)CC(=O)NNc1cccc(F)c1. The van der Waals surface area contributed by atoms with Crippen molar-refractivity contribution in [2.45, 2.75) is 51.6 Å². The normalized spacial score (nSPS) is 11.2. The Morgan fingerprint density at radius 2 is 1.95 bits per heavy atom. The van der Waals surface area contributed by atoms with E-state index in [4.69, 9.17) is 0 Å². The summed E-state index contributed by atoms with van der Waals surface area (Å²) in [6, 6.07) is 5.81. The first-order valence-electron chi connectivity index (χ1n) is 7.02. The lowest BCUT2D eigenvalue weighted by atomic mass is 9.89. The second-order valence-corrected chi connectivity index (χ2v) is 5.08. The Hall–Kier alpha value is -1.62. The van der Waals surface area contributed by atoms with Crippen molar-refractivity contribution in [1.29, 1.82) is 0 Å². The first-order valence-corrected chi connectivity index (χ1v) is 7.02. The van der Waals surface area contributed by atoms with Gasteiger partial charge in [0.05, 0.1) is 17.7 Å². The number of halogens is 1. The predicted octanol–water partition coefficient (Wildman–Crippen LogP) is 2.99. The number of nitrogens with one attached hydrogen (secondary N) is 2. The number of benzene rings is 1. The van der Waals surface area contributed by atoms with Crippen molar-refractivity contribution in [3.63, 3.8) is 0 Å². The highest BCUT2D eigenvalue weighted by molar-refractivity contribution is 5.78. The highest BCUT2D eigenvalue weighted by atomic mass is 19.1. The molecule has 4 nitrogen and oxygen atoms in total. The zero-order valence-electron chi connectivity index (χ0n) is 12.1. The van der Waals surface area contributed by atoms with Crippen molar-refractivity contribution >= 4 is 11.6 Å². The number of carbonyl (C=O) groups excluding carboxylic acids is 1. The first-order chi connectivity index (χ1) is 9.49. The molecule has 3 N–H and O–H groups in total. The first kappa shape index (κ1) is 16.4. The molecule has 1 rings (SSSR count). The van der Waals surface area contributed by atoms with Crippen molar-refractivity contribution < 1.29 is 14.3 Å². The fourth-order valence-corrected chi connectivity index (χ4v) is 2.28. The highest BCUT2D eigenvalue weighted by Gasteiger charge is 2.28. The summed E-state index contributed by atoms with van der Waals surface area (Å²) in [4.78, 5) is 11.8. The van der Waals surface area contributed by atoms with E-state index in [2.05, 4.69) is 10.9 Å². The molecule has 1 aromatic carbocycles. The molecule has 0 aliphatic carbocycles. The zero-order valence-corrected chi connectivity index (χ0v) is 12.1. The predicted molar refractivity (Wildman–Crippen MR) is 77.5 cm³/mol. The smallest absolute Gasteiger partial charge is 0.241 e. The Balaban J connectivity index is 2.49. The minimum atomic E-state index is -0.961. The highest BCUT2D eigenvalue weighted by Crippen LogP contribution is 2.23. The van der Waals surface area contributed by atoms with Crippen molar-refractivity contribution in [2.75, 3.05) is 5.43 Å². The van der Waals surface area contributed by atoms with Crippen LogP contribution in [0.3, 0.4) is 0 Å². The van der Waals surface area contributed by atoms with Gasteiger partial charge < -0.3 is 5.11 Å². The summed E-state index contributed by atoms with van der Waals surface area (Å²) >= 11 is 0. The Morgan fingerprint density at radius 3 is 2.50 bits per heavy atom. The minimum Gasteiger partial charge on any atom is -0.389 e. The van der Waals surface area contributed by atoms with Gasteiger partial charge in [0.1, 0.15) is 5.82 Å². The van der Waals surface area contributed by atoms with Crippen LogP contribution in [0.1, 0.15) is 46.0 Å². The maximum atomic E-state index is 13.0. The van der Waals surface area contributed by atoms with E-state index in [1.165, 1.54) is 12.1 Å².